The van der Waals surface area contributed by atoms with Crippen LogP contribution in [0.15, 0.2) is 4.99 Å². The molecule has 0 radical (unpaired) electrons. The Hall–Kier alpha value is -0.730. The van der Waals surface area contributed by atoms with Crippen molar-refractivity contribution in [3.05, 3.63) is 0 Å². The molecule has 2 N–H and O–H groups in total. The monoisotopic (exact) mass is 197 g/mol. The van der Waals surface area contributed by atoms with Crippen LogP contribution in [0, 0.1) is 5.92 Å². The SMILES string of the molecule is CCN=C(N)N(C)CC1CCCCC1. The van der Waals surface area contributed by atoms with E-state index in [1.807, 2.05) is 14.0 Å². The Morgan fingerprint density at radius 2 is 2.00 bits per heavy atom. The lowest BCUT2D eigenvalue weighted by molar-refractivity contribution is 0.295. The molecular weight excluding hydrogens is 174 g/mol. The van der Waals surface area contributed by atoms with Crippen LogP contribution in [-0.2, 0) is 0 Å². The van der Waals surface area contributed by atoms with Gasteiger partial charge >= 0.3 is 0 Å². The van der Waals surface area contributed by atoms with Crippen molar-refractivity contribution in [2.24, 2.45) is 16.6 Å². The molecule has 0 saturated heterocycles. The number of rotatable bonds is 3. The van der Waals surface area contributed by atoms with Gasteiger partial charge in [0.25, 0.3) is 0 Å². The van der Waals surface area contributed by atoms with Crippen LogP contribution in [0.5, 0.6) is 0 Å². The Bertz CT molecular complexity index is 183. The summed E-state index contributed by atoms with van der Waals surface area (Å²) in [4.78, 5) is 6.31. The van der Waals surface area contributed by atoms with Crippen LogP contribution in [0.25, 0.3) is 0 Å². The quantitative estimate of drug-likeness (QED) is 0.554. The molecule has 0 bridgehead atoms. The number of aliphatic imine (C=N–C) groups is 1. The Morgan fingerprint density at radius 1 is 1.36 bits per heavy atom. The van der Waals surface area contributed by atoms with Crippen LogP contribution in [0.4, 0.5) is 0 Å². The Labute approximate surface area is 87.4 Å². The van der Waals surface area contributed by atoms with Crippen LogP contribution >= 0.6 is 0 Å². The summed E-state index contributed by atoms with van der Waals surface area (Å²) in [5.74, 6) is 1.53. The second-order valence-electron chi connectivity index (χ2n) is 4.22. The highest BCUT2D eigenvalue weighted by Crippen LogP contribution is 2.23. The van der Waals surface area contributed by atoms with Gasteiger partial charge in [-0.05, 0) is 25.7 Å². The second kappa shape index (κ2) is 5.89. The zero-order valence-corrected chi connectivity index (χ0v) is 9.50. The van der Waals surface area contributed by atoms with Crippen LogP contribution in [0.3, 0.4) is 0 Å². The molecule has 0 unspecified atom stereocenters. The van der Waals surface area contributed by atoms with Gasteiger partial charge in [-0.3, -0.25) is 4.99 Å². The first-order chi connectivity index (χ1) is 6.74. The van der Waals surface area contributed by atoms with Crippen molar-refractivity contribution < 1.29 is 0 Å². The number of nitrogens with two attached hydrogens (primary N) is 1. The summed E-state index contributed by atoms with van der Waals surface area (Å²) in [6.45, 7) is 3.87. The van der Waals surface area contributed by atoms with Crippen molar-refractivity contribution >= 4 is 5.96 Å². The molecule has 0 aromatic rings. The summed E-state index contributed by atoms with van der Waals surface area (Å²) in [6.07, 6.45) is 6.93. The fourth-order valence-electron chi connectivity index (χ4n) is 2.13. The van der Waals surface area contributed by atoms with Crippen LogP contribution < -0.4 is 5.73 Å². The number of hydrogen-bond donors (Lipinski definition) is 1. The maximum Gasteiger partial charge on any atom is 0.190 e. The fourth-order valence-corrected chi connectivity index (χ4v) is 2.13. The highest BCUT2D eigenvalue weighted by Gasteiger charge is 2.15. The molecule has 0 spiro atoms. The highest BCUT2D eigenvalue weighted by molar-refractivity contribution is 5.77. The minimum Gasteiger partial charge on any atom is -0.370 e. The van der Waals surface area contributed by atoms with Gasteiger partial charge in [0.1, 0.15) is 0 Å². The molecule has 14 heavy (non-hydrogen) atoms. The number of hydrogen-bond acceptors (Lipinski definition) is 1. The highest BCUT2D eigenvalue weighted by atomic mass is 15.2. The molecule has 1 rings (SSSR count). The van der Waals surface area contributed by atoms with Gasteiger partial charge in [0.05, 0.1) is 0 Å². The molecule has 3 heteroatoms. The lowest BCUT2D eigenvalue weighted by Gasteiger charge is -2.27. The first kappa shape index (κ1) is 11.3. The molecular formula is C11H23N3. The average molecular weight is 197 g/mol. The van der Waals surface area contributed by atoms with Crippen molar-refractivity contribution in [2.45, 2.75) is 39.0 Å². The lowest BCUT2D eigenvalue weighted by atomic mass is 9.89. The Kier molecular flexibility index (Phi) is 4.77. The molecule has 0 heterocycles. The molecule has 1 aliphatic rings. The Morgan fingerprint density at radius 3 is 2.57 bits per heavy atom. The predicted octanol–water partition coefficient (Wildman–Crippen LogP) is 1.83. The van der Waals surface area contributed by atoms with Crippen LogP contribution in [-0.4, -0.2) is 31.0 Å². The molecule has 0 amide bonds. The van der Waals surface area contributed by atoms with E-state index in [0.717, 1.165) is 19.0 Å². The number of guanidine groups is 1. The standard InChI is InChI=1S/C11H23N3/c1-3-13-11(12)14(2)9-10-7-5-4-6-8-10/h10H,3-9H2,1-2H3,(H2,12,13). The zero-order chi connectivity index (χ0) is 10.4. The van der Waals surface area contributed by atoms with Gasteiger partial charge in [-0.1, -0.05) is 19.3 Å². The van der Waals surface area contributed by atoms with E-state index in [-0.39, 0.29) is 0 Å². The maximum absolute atomic E-state index is 5.82. The minimum atomic E-state index is 0.693. The van der Waals surface area contributed by atoms with Gasteiger partial charge in [-0.2, -0.15) is 0 Å². The molecule has 3 nitrogen and oxygen atoms in total. The number of nitrogens with zero attached hydrogens (tertiary/aromatic N) is 2. The third kappa shape index (κ3) is 3.56. The molecule has 1 aliphatic carbocycles. The Balaban J connectivity index is 2.31. The van der Waals surface area contributed by atoms with Gasteiger partial charge in [0.2, 0.25) is 0 Å². The van der Waals surface area contributed by atoms with Crippen molar-refractivity contribution in [3.63, 3.8) is 0 Å². The van der Waals surface area contributed by atoms with Crippen molar-refractivity contribution in [1.82, 2.24) is 4.90 Å². The van der Waals surface area contributed by atoms with Crippen molar-refractivity contribution in [1.29, 1.82) is 0 Å². The van der Waals surface area contributed by atoms with E-state index in [4.69, 9.17) is 5.73 Å². The van der Waals surface area contributed by atoms with E-state index in [2.05, 4.69) is 9.89 Å². The summed E-state index contributed by atoms with van der Waals surface area (Å²) < 4.78 is 0. The minimum absolute atomic E-state index is 0.693. The van der Waals surface area contributed by atoms with Crippen molar-refractivity contribution in [2.75, 3.05) is 20.1 Å². The third-order valence-electron chi connectivity index (χ3n) is 2.97. The normalized spacial score (nSPS) is 19.7. The van der Waals surface area contributed by atoms with E-state index < -0.39 is 0 Å². The van der Waals surface area contributed by atoms with Gasteiger partial charge < -0.3 is 10.6 Å². The molecule has 0 aromatic heterocycles. The van der Waals surface area contributed by atoms with Gasteiger partial charge in [0.15, 0.2) is 5.96 Å². The van der Waals surface area contributed by atoms with E-state index in [1.165, 1.54) is 32.1 Å². The topological polar surface area (TPSA) is 41.6 Å². The third-order valence-corrected chi connectivity index (χ3v) is 2.97. The summed E-state index contributed by atoms with van der Waals surface area (Å²) >= 11 is 0. The molecule has 1 saturated carbocycles. The summed E-state index contributed by atoms with van der Waals surface area (Å²) in [5.41, 5.74) is 5.82. The molecule has 0 aromatic carbocycles. The zero-order valence-electron chi connectivity index (χ0n) is 9.50. The predicted molar refractivity (Wildman–Crippen MR) is 61.4 cm³/mol. The van der Waals surface area contributed by atoms with Gasteiger partial charge in [-0.25, -0.2) is 0 Å². The van der Waals surface area contributed by atoms with E-state index in [0.29, 0.717) is 5.96 Å². The largest absolute Gasteiger partial charge is 0.370 e. The van der Waals surface area contributed by atoms with Gasteiger partial charge in [-0.15, -0.1) is 0 Å². The average Bonchev–Trinajstić information content (AvgIpc) is 2.19. The van der Waals surface area contributed by atoms with E-state index >= 15 is 0 Å². The van der Waals surface area contributed by atoms with E-state index in [1.54, 1.807) is 0 Å². The molecule has 0 aliphatic heterocycles. The summed E-state index contributed by atoms with van der Waals surface area (Å²) in [5, 5.41) is 0. The van der Waals surface area contributed by atoms with Gasteiger partial charge in [0, 0.05) is 20.1 Å². The van der Waals surface area contributed by atoms with Crippen molar-refractivity contribution in [3.8, 4) is 0 Å². The molecule has 0 atom stereocenters. The van der Waals surface area contributed by atoms with E-state index in [9.17, 15) is 0 Å². The first-order valence-electron chi connectivity index (χ1n) is 5.75. The summed E-state index contributed by atoms with van der Waals surface area (Å²) in [7, 11) is 2.04. The first-order valence-corrected chi connectivity index (χ1v) is 5.75. The molecule has 1 fully saturated rings. The van der Waals surface area contributed by atoms with Crippen LogP contribution in [0.2, 0.25) is 0 Å². The molecule has 82 valence electrons. The van der Waals surface area contributed by atoms with Crippen LogP contribution in [0.1, 0.15) is 39.0 Å². The summed E-state index contributed by atoms with van der Waals surface area (Å²) in [6, 6.07) is 0. The second-order valence-corrected chi connectivity index (χ2v) is 4.22. The lowest BCUT2D eigenvalue weighted by Crippen LogP contribution is -2.38. The maximum atomic E-state index is 5.82. The smallest absolute Gasteiger partial charge is 0.190 e. The fraction of sp³-hybridized carbons (Fsp3) is 0.909.